The minimum atomic E-state index is -0.375. The van der Waals surface area contributed by atoms with Gasteiger partial charge in [-0.25, -0.2) is 0 Å². The van der Waals surface area contributed by atoms with Crippen molar-refractivity contribution in [3.8, 4) is 0 Å². The fourth-order valence-electron chi connectivity index (χ4n) is 2.88. The molecule has 19 heavy (non-hydrogen) atoms. The Morgan fingerprint density at radius 2 is 2.05 bits per heavy atom. The summed E-state index contributed by atoms with van der Waals surface area (Å²) in [4.78, 5) is 2.52. The summed E-state index contributed by atoms with van der Waals surface area (Å²) in [5.41, 5.74) is 1.00. The number of likely N-dealkylation sites (tertiary alicyclic amines) is 1. The van der Waals surface area contributed by atoms with Gasteiger partial charge in [-0.1, -0.05) is 41.1 Å². The Hall–Kier alpha value is -0.380. The molecule has 0 aromatic heterocycles. The van der Waals surface area contributed by atoms with E-state index in [0.29, 0.717) is 6.04 Å². The Bertz CT molecular complexity index is 409. The number of benzene rings is 1. The average Bonchev–Trinajstić information content (AvgIpc) is 2.40. The van der Waals surface area contributed by atoms with Crippen molar-refractivity contribution in [2.75, 3.05) is 13.1 Å². The van der Waals surface area contributed by atoms with Crippen LogP contribution in [0.15, 0.2) is 28.7 Å². The summed E-state index contributed by atoms with van der Waals surface area (Å²) in [7, 11) is 0. The molecule has 3 unspecified atom stereocenters. The van der Waals surface area contributed by atoms with Gasteiger partial charge in [0.25, 0.3) is 0 Å². The van der Waals surface area contributed by atoms with E-state index in [4.69, 9.17) is 0 Å². The number of nitrogens with zero attached hydrogens (tertiary/aromatic N) is 1. The van der Waals surface area contributed by atoms with E-state index in [1.165, 1.54) is 19.4 Å². The third kappa shape index (κ3) is 4.04. The van der Waals surface area contributed by atoms with Gasteiger partial charge in [0.1, 0.15) is 0 Å². The van der Waals surface area contributed by atoms with Crippen molar-refractivity contribution in [1.29, 1.82) is 0 Å². The van der Waals surface area contributed by atoms with Crippen molar-refractivity contribution in [3.63, 3.8) is 0 Å². The first-order chi connectivity index (χ1) is 9.08. The monoisotopic (exact) mass is 325 g/mol. The zero-order chi connectivity index (χ0) is 13.8. The summed E-state index contributed by atoms with van der Waals surface area (Å²) in [5.74, 6) is 0.789. The number of hydrogen-bond acceptors (Lipinski definition) is 2. The second-order valence-electron chi connectivity index (χ2n) is 5.85. The summed E-state index contributed by atoms with van der Waals surface area (Å²) in [6.07, 6.45) is 3.05. The molecular formula is C16H24BrNO. The molecule has 2 nitrogen and oxygen atoms in total. The van der Waals surface area contributed by atoms with Crippen molar-refractivity contribution in [1.82, 2.24) is 4.90 Å². The molecule has 1 aromatic carbocycles. The van der Waals surface area contributed by atoms with Gasteiger partial charge in [0, 0.05) is 23.6 Å². The molecule has 0 bridgehead atoms. The van der Waals surface area contributed by atoms with Crippen LogP contribution in [0.5, 0.6) is 0 Å². The molecule has 1 saturated heterocycles. The Morgan fingerprint density at radius 1 is 1.32 bits per heavy atom. The van der Waals surface area contributed by atoms with E-state index in [1.807, 2.05) is 24.3 Å². The maximum atomic E-state index is 10.3. The largest absolute Gasteiger partial charge is 0.388 e. The van der Waals surface area contributed by atoms with Gasteiger partial charge in [-0.3, -0.25) is 0 Å². The van der Waals surface area contributed by atoms with E-state index >= 15 is 0 Å². The molecule has 0 amide bonds. The molecule has 1 fully saturated rings. The number of rotatable bonds is 4. The summed E-state index contributed by atoms with van der Waals surface area (Å²) in [5, 5.41) is 10.3. The van der Waals surface area contributed by atoms with Crippen LogP contribution < -0.4 is 0 Å². The van der Waals surface area contributed by atoms with Gasteiger partial charge in [-0.2, -0.15) is 0 Å². The van der Waals surface area contributed by atoms with Crippen LogP contribution in [0.3, 0.4) is 0 Å². The standard InChI is InChI=1S/C16H24BrNO/c1-12-7-8-13(2)18(11-12)10-9-16(19)14-5-3-4-6-15(14)17/h3-6,12-13,16,19H,7-11H2,1-2H3. The lowest BCUT2D eigenvalue weighted by molar-refractivity contribution is 0.0905. The predicted molar refractivity (Wildman–Crippen MR) is 83.2 cm³/mol. The predicted octanol–water partition coefficient (Wildman–Crippen LogP) is 3.99. The van der Waals surface area contributed by atoms with Crippen LogP contribution in [0, 0.1) is 5.92 Å². The molecule has 0 spiro atoms. The molecular weight excluding hydrogens is 302 g/mol. The second-order valence-corrected chi connectivity index (χ2v) is 6.71. The highest BCUT2D eigenvalue weighted by Crippen LogP contribution is 2.27. The van der Waals surface area contributed by atoms with E-state index < -0.39 is 0 Å². The van der Waals surface area contributed by atoms with E-state index in [-0.39, 0.29) is 6.10 Å². The Labute approximate surface area is 124 Å². The first kappa shape index (κ1) is 15.0. The number of piperidine rings is 1. The quantitative estimate of drug-likeness (QED) is 0.904. The molecule has 1 N–H and O–H groups in total. The molecule has 0 saturated carbocycles. The normalized spacial score (nSPS) is 26.3. The van der Waals surface area contributed by atoms with Gasteiger partial charge in [-0.05, 0) is 43.7 Å². The summed E-state index contributed by atoms with van der Waals surface area (Å²) >= 11 is 3.51. The molecule has 106 valence electrons. The zero-order valence-corrected chi connectivity index (χ0v) is 13.4. The maximum Gasteiger partial charge on any atom is 0.0813 e. The molecule has 1 aromatic rings. The van der Waals surface area contributed by atoms with Crippen molar-refractivity contribution < 1.29 is 5.11 Å². The summed E-state index contributed by atoms with van der Waals surface area (Å²) < 4.78 is 1.00. The maximum absolute atomic E-state index is 10.3. The Morgan fingerprint density at radius 3 is 2.79 bits per heavy atom. The molecule has 1 aliphatic heterocycles. The van der Waals surface area contributed by atoms with Gasteiger partial charge >= 0.3 is 0 Å². The smallest absolute Gasteiger partial charge is 0.0813 e. The van der Waals surface area contributed by atoms with Crippen LogP contribution in [0.25, 0.3) is 0 Å². The lowest BCUT2D eigenvalue weighted by Gasteiger charge is -2.37. The molecule has 3 heteroatoms. The molecule has 0 aliphatic carbocycles. The van der Waals surface area contributed by atoms with E-state index in [0.717, 1.165) is 28.9 Å². The highest BCUT2D eigenvalue weighted by Gasteiger charge is 2.23. The fraction of sp³-hybridized carbons (Fsp3) is 0.625. The first-order valence-electron chi connectivity index (χ1n) is 7.24. The first-order valence-corrected chi connectivity index (χ1v) is 8.03. The van der Waals surface area contributed by atoms with Crippen LogP contribution in [0.1, 0.15) is 44.8 Å². The van der Waals surface area contributed by atoms with E-state index in [9.17, 15) is 5.11 Å². The van der Waals surface area contributed by atoms with Crippen LogP contribution in [0.2, 0.25) is 0 Å². The fourth-order valence-corrected chi connectivity index (χ4v) is 3.43. The van der Waals surface area contributed by atoms with Gasteiger partial charge < -0.3 is 10.0 Å². The number of halogens is 1. The van der Waals surface area contributed by atoms with Crippen LogP contribution in [-0.4, -0.2) is 29.1 Å². The second kappa shape index (κ2) is 6.87. The van der Waals surface area contributed by atoms with E-state index in [1.54, 1.807) is 0 Å². The third-order valence-electron chi connectivity index (χ3n) is 4.20. The van der Waals surface area contributed by atoms with Crippen molar-refractivity contribution in [2.45, 2.75) is 45.3 Å². The third-order valence-corrected chi connectivity index (χ3v) is 4.92. The highest BCUT2D eigenvalue weighted by molar-refractivity contribution is 9.10. The Balaban J connectivity index is 1.89. The van der Waals surface area contributed by atoms with Gasteiger partial charge in [0.05, 0.1) is 6.10 Å². The molecule has 2 rings (SSSR count). The summed E-state index contributed by atoms with van der Waals surface area (Å²) in [6, 6.07) is 8.60. The zero-order valence-electron chi connectivity index (χ0n) is 11.8. The SMILES string of the molecule is CC1CCC(C)N(CCC(O)c2ccccc2Br)C1. The van der Waals surface area contributed by atoms with Crippen LogP contribution in [0.4, 0.5) is 0 Å². The number of hydrogen-bond donors (Lipinski definition) is 1. The molecule has 0 radical (unpaired) electrons. The van der Waals surface area contributed by atoms with Crippen molar-refractivity contribution in [3.05, 3.63) is 34.3 Å². The molecule has 3 atom stereocenters. The minimum absolute atomic E-state index is 0.375. The van der Waals surface area contributed by atoms with Crippen LogP contribution in [-0.2, 0) is 0 Å². The topological polar surface area (TPSA) is 23.5 Å². The lowest BCUT2D eigenvalue weighted by Crippen LogP contribution is -2.41. The van der Waals surface area contributed by atoms with Crippen LogP contribution >= 0.6 is 15.9 Å². The molecule has 1 heterocycles. The average molecular weight is 326 g/mol. The summed E-state index contributed by atoms with van der Waals surface area (Å²) in [6.45, 7) is 6.78. The highest BCUT2D eigenvalue weighted by atomic mass is 79.9. The van der Waals surface area contributed by atoms with Gasteiger partial charge in [0.2, 0.25) is 0 Å². The van der Waals surface area contributed by atoms with Crippen molar-refractivity contribution >= 4 is 15.9 Å². The number of aliphatic hydroxyl groups excluding tert-OH is 1. The molecule has 1 aliphatic rings. The Kier molecular flexibility index (Phi) is 5.43. The van der Waals surface area contributed by atoms with Crippen molar-refractivity contribution in [2.24, 2.45) is 5.92 Å². The van der Waals surface area contributed by atoms with Gasteiger partial charge in [-0.15, -0.1) is 0 Å². The number of aliphatic hydroxyl groups is 1. The minimum Gasteiger partial charge on any atom is -0.388 e. The lowest BCUT2D eigenvalue weighted by atomic mass is 9.94. The van der Waals surface area contributed by atoms with Gasteiger partial charge in [0.15, 0.2) is 0 Å². The van der Waals surface area contributed by atoms with E-state index in [2.05, 4.69) is 34.7 Å².